The number of methoxy groups -OCH3 is 1. The lowest BCUT2D eigenvalue weighted by Crippen LogP contribution is -2.01. The Hall–Kier alpha value is -4.06. The van der Waals surface area contributed by atoms with E-state index in [4.69, 9.17) is 4.74 Å². The second-order valence-corrected chi connectivity index (χ2v) is 7.53. The van der Waals surface area contributed by atoms with Crippen LogP contribution in [0.3, 0.4) is 0 Å². The summed E-state index contributed by atoms with van der Waals surface area (Å²) in [7, 11) is 1.18. The molecular weight excluding hydrogens is 419 g/mol. The molecule has 9 heteroatoms. The summed E-state index contributed by atoms with van der Waals surface area (Å²) in [5.74, 6) is -2.23. The van der Waals surface area contributed by atoms with Crippen LogP contribution in [0.15, 0.2) is 42.6 Å². The minimum atomic E-state index is -0.875. The number of pyridine rings is 2. The van der Waals surface area contributed by atoms with Gasteiger partial charge in [0.2, 0.25) is 0 Å². The van der Waals surface area contributed by atoms with Gasteiger partial charge in [-0.1, -0.05) is 0 Å². The van der Waals surface area contributed by atoms with Gasteiger partial charge in [-0.25, -0.2) is 23.1 Å². The lowest BCUT2D eigenvalue weighted by atomic mass is 10.1. The summed E-state index contributed by atoms with van der Waals surface area (Å²) in [6, 6.07) is 10.2. The second kappa shape index (κ2) is 7.57. The summed E-state index contributed by atoms with van der Waals surface area (Å²) in [5.41, 5.74) is 2.73. The third kappa shape index (κ3) is 3.50. The van der Waals surface area contributed by atoms with Crippen molar-refractivity contribution >= 4 is 17.2 Å². The molecule has 0 amide bonds. The van der Waals surface area contributed by atoms with Crippen molar-refractivity contribution in [3.05, 3.63) is 71.3 Å². The minimum Gasteiger partial charge on any atom is -0.491 e. The van der Waals surface area contributed by atoms with Crippen LogP contribution in [0.25, 0.3) is 17.0 Å². The molecule has 1 saturated carbocycles. The molecule has 3 heterocycles. The predicted molar refractivity (Wildman–Crippen MR) is 111 cm³/mol. The first-order chi connectivity index (χ1) is 15.5. The largest absolute Gasteiger partial charge is 0.491 e. The quantitative estimate of drug-likeness (QED) is 0.460. The molecule has 6 nitrogen and oxygen atoms in total. The van der Waals surface area contributed by atoms with Crippen LogP contribution in [0.1, 0.15) is 30.0 Å². The molecule has 0 radical (unpaired) electrons. The maximum absolute atomic E-state index is 14.1. The highest BCUT2D eigenvalue weighted by Gasteiger charge is 2.31. The molecule has 0 unspecified atom stereocenters. The number of imidazole rings is 1. The van der Waals surface area contributed by atoms with Crippen LogP contribution in [0.2, 0.25) is 0 Å². The Morgan fingerprint density at radius 2 is 1.84 bits per heavy atom. The summed E-state index contributed by atoms with van der Waals surface area (Å²) in [6.07, 6.45) is 3.26. The molecule has 0 spiro atoms. The molecule has 0 bridgehead atoms. The number of nitriles is 1. The van der Waals surface area contributed by atoms with Crippen molar-refractivity contribution in [2.45, 2.75) is 18.8 Å². The molecule has 0 aliphatic heterocycles. The van der Waals surface area contributed by atoms with E-state index in [0.29, 0.717) is 17.0 Å². The van der Waals surface area contributed by atoms with Crippen molar-refractivity contribution in [1.29, 1.82) is 5.26 Å². The maximum Gasteiger partial charge on any atom is 0.190 e. The van der Waals surface area contributed by atoms with Gasteiger partial charge in [0.1, 0.15) is 17.3 Å². The number of fused-ring (bicyclic) bond motifs is 1. The number of ether oxygens (including phenoxy) is 1. The number of benzene rings is 1. The first-order valence-electron chi connectivity index (χ1n) is 9.87. The molecule has 32 heavy (non-hydrogen) atoms. The fourth-order valence-corrected chi connectivity index (χ4v) is 3.69. The minimum absolute atomic E-state index is 0.0981. The van der Waals surface area contributed by atoms with Gasteiger partial charge in [-0.3, -0.25) is 4.40 Å². The molecule has 1 aromatic carbocycles. The molecule has 160 valence electrons. The predicted octanol–water partition coefficient (Wildman–Crippen LogP) is 5.31. The van der Waals surface area contributed by atoms with Crippen LogP contribution >= 0.6 is 0 Å². The molecule has 1 aliphatic rings. The Bertz CT molecular complexity index is 1380. The fourth-order valence-electron chi connectivity index (χ4n) is 3.69. The topological polar surface area (TPSA) is 75.2 Å². The van der Waals surface area contributed by atoms with E-state index in [-0.39, 0.29) is 23.0 Å². The van der Waals surface area contributed by atoms with E-state index in [1.54, 1.807) is 16.5 Å². The summed E-state index contributed by atoms with van der Waals surface area (Å²) in [4.78, 5) is 9.19. The molecule has 3 aromatic heterocycles. The number of hydrogen-bond acceptors (Lipinski definition) is 5. The van der Waals surface area contributed by atoms with Crippen LogP contribution in [-0.2, 0) is 0 Å². The van der Waals surface area contributed by atoms with Crippen LogP contribution in [0, 0.1) is 28.8 Å². The number of aromatic nitrogens is 3. The second-order valence-electron chi connectivity index (χ2n) is 7.53. The number of halogens is 3. The van der Waals surface area contributed by atoms with Crippen LogP contribution < -0.4 is 10.1 Å². The van der Waals surface area contributed by atoms with E-state index in [1.165, 1.54) is 25.4 Å². The van der Waals surface area contributed by atoms with Crippen molar-refractivity contribution in [3.63, 3.8) is 0 Å². The monoisotopic (exact) mass is 435 g/mol. The number of hydrogen-bond donors (Lipinski definition) is 1. The third-order valence-corrected chi connectivity index (χ3v) is 5.25. The van der Waals surface area contributed by atoms with Crippen LogP contribution in [0.4, 0.5) is 24.7 Å². The lowest BCUT2D eigenvalue weighted by Gasteiger charge is -2.11. The van der Waals surface area contributed by atoms with Gasteiger partial charge < -0.3 is 10.1 Å². The number of rotatable bonds is 5. The van der Waals surface area contributed by atoms with E-state index in [2.05, 4.69) is 21.4 Å². The Balaban J connectivity index is 1.63. The van der Waals surface area contributed by atoms with Gasteiger partial charge in [-0.2, -0.15) is 5.26 Å². The summed E-state index contributed by atoms with van der Waals surface area (Å²) >= 11 is 0. The van der Waals surface area contributed by atoms with Crippen molar-refractivity contribution in [1.82, 2.24) is 14.4 Å². The summed E-state index contributed by atoms with van der Waals surface area (Å²) in [5, 5.41) is 12.4. The van der Waals surface area contributed by atoms with Crippen LogP contribution in [0.5, 0.6) is 5.75 Å². The molecule has 0 saturated heterocycles. The van der Waals surface area contributed by atoms with Gasteiger partial charge in [0.15, 0.2) is 17.4 Å². The lowest BCUT2D eigenvalue weighted by molar-refractivity contribution is 0.360. The van der Waals surface area contributed by atoms with E-state index < -0.39 is 23.2 Å². The molecule has 1 fully saturated rings. The zero-order chi connectivity index (χ0) is 22.4. The SMILES string of the molecule is COc1c(F)cc(Nc2cc(C#N)cc(-c3c(C4CC4)nc4ccc(F)cn34)n2)cc1F. The molecule has 0 atom stereocenters. The van der Waals surface area contributed by atoms with E-state index >= 15 is 0 Å². The Morgan fingerprint density at radius 3 is 2.50 bits per heavy atom. The molecule has 1 aliphatic carbocycles. The van der Waals surface area contributed by atoms with E-state index in [9.17, 15) is 18.4 Å². The maximum atomic E-state index is 14.1. The Labute approximate surface area is 180 Å². The van der Waals surface area contributed by atoms with Gasteiger partial charge in [0.25, 0.3) is 0 Å². The normalized spacial score (nSPS) is 13.2. The smallest absolute Gasteiger partial charge is 0.190 e. The van der Waals surface area contributed by atoms with Gasteiger partial charge in [-0.15, -0.1) is 0 Å². The van der Waals surface area contributed by atoms with Crippen molar-refractivity contribution in [2.75, 3.05) is 12.4 Å². The van der Waals surface area contributed by atoms with E-state index in [1.807, 2.05) is 0 Å². The van der Waals surface area contributed by atoms with Crippen LogP contribution in [-0.4, -0.2) is 21.5 Å². The van der Waals surface area contributed by atoms with Gasteiger partial charge in [0, 0.05) is 29.9 Å². The third-order valence-electron chi connectivity index (χ3n) is 5.25. The standard InChI is InChI=1S/C23H16F3N5O/c1-32-23-16(25)8-15(9-17(23)26)28-19-7-12(10-27)6-18(29-19)22-21(13-2-3-13)30-20-5-4-14(24)11-31(20)22/h4-9,11,13H,2-3H2,1H3,(H,28,29). The summed E-state index contributed by atoms with van der Waals surface area (Å²) in [6.45, 7) is 0. The number of nitrogens with zero attached hydrogens (tertiary/aromatic N) is 4. The molecular formula is C23H16F3N5O. The Morgan fingerprint density at radius 1 is 1.09 bits per heavy atom. The van der Waals surface area contributed by atoms with Gasteiger partial charge in [0.05, 0.1) is 35.8 Å². The molecule has 4 aromatic rings. The van der Waals surface area contributed by atoms with E-state index in [0.717, 1.165) is 30.7 Å². The average molecular weight is 435 g/mol. The first kappa shape index (κ1) is 19.9. The zero-order valence-electron chi connectivity index (χ0n) is 16.9. The van der Waals surface area contributed by atoms with Crippen molar-refractivity contribution in [2.24, 2.45) is 0 Å². The first-order valence-corrected chi connectivity index (χ1v) is 9.87. The number of anilines is 2. The highest BCUT2D eigenvalue weighted by molar-refractivity contribution is 5.70. The Kier molecular flexibility index (Phi) is 4.70. The van der Waals surface area contributed by atoms with Crippen molar-refractivity contribution < 1.29 is 17.9 Å². The van der Waals surface area contributed by atoms with Gasteiger partial charge >= 0.3 is 0 Å². The fraction of sp³-hybridized carbons (Fsp3) is 0.174. The highest BCUT2D eigenvalue weighted by atomic mass is 19.1. The summed E-state index contributed by atoms with van der Waals surface area (Å²) < 4.78 is 48.5. The van der Waals surface area contributed by atoms with Gasteiger partial charge in [-0.05, 0) is 37.1 Å². The molecule has 5 rings (SSSR count). The zero-order valence-corrected chi connectivity index (χ0v) is 16.9. The number of nitrogens with one attached hydrogen (secondary N) is 1. The average Bonchev–Trinajstić information content (AvgIpc) is 3.54. The van der Waals surface area contributed by atoms with Crippen molar-refractivity contribution in [3.8, 4) is 23.2 Å². The molecule has 1 N–H and O–H groups in total. The highest BCUT2D eigenvalue weighted by Crippen LogP contribution is 2.44.